The standard InChI is InChI=1S/C18H25NO6/c1-6-23-14(20)10-11-12-8-9-13(15(11)16(21)24-7-2)19(12)17(22)25-18(3,4)5/h8-10,12-13,15H,6-7H2,1-5H3/t12-,13+,15-/m1/s1. The van der Waals surface area contributed by atoms with Crippen molar-refractivity contribution in [3.05, 3.63) is 23.8 Å². The quantitative estimate of drug-likeness (QED) is 0.334. The van der Waals surface area contributed by atoms with Crippen molar-refractivity contribution < 1.29 is 28.6 Å². The van der Waals surface area contributed by atoms with Crippen LogP contribution in [-0.4, -0.2) is 53.8 Å². The fraction of sp³-hybridized carbons (Fsp3) is 0.611. The molecule has 0 aromatic carbocycles. The van der Waals surface area contributed by atoms with Crippen LogP contribution in [0.4, 0.5) is 4.79 Å². The van der Waals surface area contributed by atoms with Gasteiger partial charge in [0.15, 0.2) is 0 Å². The Labute approximate surface area is 147 Å². The van der Waals surface area contributed by atoms with Gasteiger partial charge in [-0.2, -0.15) is 0 Å². The molecule has 0 unspecified atom stereocenters. The molecule has 2 aliphatic heterocycles. The molecule has 138 valence electrons. The molecule has 2 heterocycles. The summed E-state index contributed by atoms with van der Waals surface area (Å²) >= 11 is 0. The number of amides is 1. The fourth-order valence-electron chi connectivity index (χ4n) is 3.07. The molecule has 1 fully saturated rings. The van der Waals surface area contributed by atoms with Gasteiger partial charge < -0.3 is 14.2 Å². The summed E-state index contributed by atoms with van der Waals surface area (Å²) in [6.45, 7) is 9.17. The summed E-state index contributed by atoms with van der Waals surface area (Å²) in [6, 6.07) is -1.04. The van der Waals surface area contributed by atoms with Crippen LogP contribution in [0.15, 0.2) is 23.8 Å². The van der Waals surface area contributed by atoms with Crippen LogP contribution in [-0.2, 0) is 23.8 Å². The highest BCUT2D eigenvalue weighted by molar-refractivity contribution is 5.89. The van der Waals surface area contributed by atoms with Crippen molar-refractivity contribution in [1.82, 2.24) is 4.90 Å². The van der Waals surface area contributed by atoms with E-state index in [0.717, 1.165) is 0 Å². The van der Waals surface area contributed by atoms with E-state index in [2.05, 4.69) is 0 Å². The van der Waals surface area contributed by atoms with E-state index in [1.165, 1.54) is 11.0 Å². The molecule has 0 aliphatic carbocycles. The van der Waals surface area contributed by atoms with E-state index >= 15 is 0 Å². The Kier molecular flexibility index (Phi) is 5.55. The largest absolute Gasteiger partial charge is 0.465 e. The highest BCUT2D eigenvalue weighted by Gasteiger charge is 2.53. The molecule has 2 aliphatic rings. The molecule has 0 saturated carbocycles. The Balaban J connectivity index is 2.34. The molecule has 0 N–H and O–H groups in total. The molecule has 1 amide bonds. The predicted molar refractivity (Wildman–Crippen MR) is 89.6 cm³/mol. The number of nitrogens with zero attached hydrogens (tertiary/aromatic N) is 1. The summed E-state index contributed by atoms with van der Waals surface area (Å²) in [7, 11) is 0. The number of hydrogen-bond donors (Lipinski definition) is 0. The highest BCUT2D eigenvalue weighted by atomic mass is 16.6. The minimum atomic E-state index is -0.730. The molecule has 7 nitrogen and oxygen atoms in total. The Bertz CT molecular complexity index is 616. The number of carbonyl (C=O) groups is 3. The van der Waals surface area contributed by atoms with Crippen LogP contribution in [0.5, 0.6) is 0 Å². The maximum Gasteiger partial charge on any atom is 0.411 e. The summed E-state index contributed by atoms with van der Waals surface area (Å²) in [5, 5.41) is 0. The molecule has 0 radical (unpaired) electrons. The van der Waals surface area contributed by atoms with Crippen LogP contribution >= 0.6 is 0 Å². The summed E-state index contributed by atoms with van der Waals surface area (Å²) in [5.41, 5.74) is -0.168. The second kappa shape index (κ2) is 7.29. The topological polar surface area (TPSA) is 82.1 Å². The van der Waals surface area contributed by atoms with Crippen molar-refractivity contribution in [2.45, 2.75) is 52.3 Å². The summed E-state index contributed by atoms with van der Waals surface area (Å²) < 4.78 is 15.5. The third-order valence-corrected chi connectivity index (χ3v) is 3.87. The molecule has 3 atom stereocenters. The molecular formula is C18H25NO6. The van der Waals surface area contributed by atoms with Gasteiger partial charge in [-0.25, -0.2) is 9.59 Å². The lowest BCUT2D eigenvalue weighted by atomic mass is 9.88. The Morgan fingerprint density at radius 1 is 1.12 bits per heavy atom. The van der Waals surface area contributed by atoms with Gasteiger partial charge in [0, 0.05) is 6.08 Å². The average molecular weight is 351 g/mol. The van der Waals surface area contributed by atoms with Gasteiger partial charge in [0.05, 0.1) is 25.3 Å². The minimum absolute atomic E-state index is 0.218. The first-order valence-corrected chi connectivity index (χ1v) is 8.44. The van der Waals surface area contributed by atoms with E-state index in [0.29, 0.717) is 5.57 Å². The zero-order valence-electron chi connectivity index (χ0n) is 15.3. The zero-order chi connectivity index (χ0) is 18.8. The van der Waals surface area contributed by atoms with E-state index in [4.69, 9.17) is 14.2 Å². The summed E-state index contributed by atoms with van der Waals surface area (Å²) in [6.07, 6.45) is 4.32. The van der Waals surface area contributed by atoms with E-state index in [1.807, 2.05) is 0 Å². The van der Waals surface area contributed by atoms with Crippen molar-refractivity contribution >= 4 is 18.0 Å². The van der Waals surface area contributed by atoms with Crippen LogP contribution in [0.25, 0.3) is 0 Å². The van der Waals surface area contributed by atoms with Gasteiger partial charge in [0.1, 0.15) is 11.5 Å². The molecular weight excluding hydrogens is 326 g/mol. The van der Waals surface area contributed by atoms with Crippen LogP contribution in [0.1, 0.15) is 34.6 Å². The van der Waals surface area contributed by atoms with Gasteiger partial charge >= 0.3 is 18.0 Å². The number of rotatable bonds is 4. The number of hydrogen-bond acceptors (Lipinski definition) is 6. The van der Waals surface area contributed by atoms with Gasteiger partial charge in [0.25, 0.3) is 0 Å². The van der Waals surface area contributed by atoms with Gasteiger partial charge in [-0.3, -0.25) is 9.69 Å². The third kappa shape index (κ3) is 4.03. The number of esters is 2. The first-order chi connectivity index (χ1) is 11.7. The Hall–Kier alpha value is -2.31. The molecule has 0 aromatic rings. The van der Waals surface area contributed by atoms with Gasteiger partial charge in [-0.15, -0.1) is 0 Å². The van der Waals surface area contributed by atoms with Crippen molar-refractivity contribution in [3.8, 4) is 0 Å². The smallest absolute Gasteiger partial charge is 0.411 e. The lowest BCUT2D eigenvalue weighted by molar-refractivity contribution is -0.147. The van der Waals surface area contributed by atoms with Crippen LogP contribution in [0, 0.1) is 5.92 Å². The molecule has 7 heteroatoms. The van der Waals surface area contributed by atoms with Gasteiger partial charge in [0.2, 0.25) is 0 Å². The van der Waals surface area contributed by atoms with E-state index < -0.39 is 41.6 Å². The number of carbonyl (C=O) groups excluding carboxylic acids is 3. The zero-order valence-corrected chi connectivity index (χ0v) is 15.3. The summed E-state index contributed by atoms with van der Waals surface area (Å²) in [4.78, 5) is 38.4. The maximum absolute atomic E-state index is 12.6. The van der Waals surface area contributed by atoms with Crippen molar-refractivity contribution in [3.63, 3.8) is 0 Å². The van der Waals surface area contributed by atoms with E-state index in [-0.39, 0.29) is 13.2 Å². The molecule has 0 aromatic heterocycles. The van der Waals surface area contributed by atoms with Crippen molar-refractivity contribution in [2.24, 2.45) is 5.92 Å². The number of ether oxygens (including phenoxy) is 3. The first kappa shape index (κ1) is 19.0. The third-order valence-electron chi connectivity index (χ3n) is 3.87. The van der Waals surface area contributed by atoms with Crippen molar-refractivity contribution in [2.75, 3.05) is 13.2 Å². The average Bonchev–Trinajstić information content (AvgIpc) is 3.01. The second-order valence-corrected chi connectivity index (χ2v) is 6.83. The maximum atomic E-state index is 12.6. The van der Waals surface area contributed by atoms with E-state index in [9.17, 15) is 14.4 Å². The van der Waals surface area contributed by atoms with Gasteiger partial charge in [-0.1, -0.05) is 12.2 Å². The predicted octanol–water partition coefficient (Wildman–Crippen LogP) is 2.21. The van der Waals surface area contributed by atoms with Gasteiger partial charge in [-0.05, 0) is 40.2 Å². The second-order valence-electron chi connectivity index (χ2n) is 6.83. The minimum Gasteiger partial charge on any atom is -0.465 e. The lowest BCUT2D eigenvalue weighted by Gasteiger charge is -2.27. The molecule has 2 bridgehead atoms. The van der Waals surface area contributed by atoms with Crippen LogP contribution < -0.4 is 0 Å². The molecule has 0 spiro atoms. The number of fused-ring (bicyclic) bond motifs is 2. The molecule has 1 saturated heterocycles. The fourth-order valence-corrected chi connectivity index (χ4v) is 3.07. The lowest BCUT2D eigenvalue weighted by Crippen LogP contribution is -2.42. The first-order valence-electron chi connectivity index (χ1n) is 8.44. The molecule has 25 heavy (non-hydrogen) atoms. The molecule has 2 rings (SSSR count). The van der Waals surface area contributed by atoms with E-state index in [1.54, 1.807) is 46.8 Å². The van der Waals surface area contributed by atoms with Crippen LogP contribution in [0.2, 0.25) is 0 Å². The monoisotopic (exact) mass is 351 g/mol. The Morgan fingerprint density at radius 2 is 1.76 bits per heavy atom. The SMILES string of the molecule is CCOC(=O)C=C1[C@@H](C(=O)OCC)[C@@H]2C=C[C@H]1N2C(=O)OC(C)(C)C. The normalized spacial score (nSPS) is 26.0. The Morgan fingerprint density at radius 3 is 2.32 bits per heavy atom. The van der Waals surface area contributed by atoms with Crippen LogP contribution in [0.3, 0.4) is 0 Å². The highest BCUT2D eigenvalue weighted by Crippen LogP contribution is 2.42. The summed E-state index contributed by atoms with van der Waals surface area (Å²) in [5.74, 6) is -1.74. The van der Waals surface area contributed by atoms with Crippen molar-refractivity contribution in [1.29, 1.82) is 0 Å².